The number of pyridine rings is 1. The molecule has 0 unspecified atom stereocenters. The number of nitrogens with zero attached hydrogens (tertiary/aromatic N) is 3. The summed E-state index contributed by atoms with van der Waals surface area (Å²) in [7, 11) is 0. The number of carbonyl (C=O) groups is 1. The summed E-state index contributed by atoms with van der Waals surface area (Å²) in [5.74, 6) is 0.318. The number of halogens is 1. The van der Waals surface area contributed by atoms with E-state index in [4.69, 9.17) is 16.6 Å². The lowest BCUT2D eigenvalue weighted by molar-refractivity contribution is 0.0952. The molecule has 0 aliphatic carbocycles. The quantitative estimate of drug-likeness (QED) is 0.274. The Balaban J connectivity index is 1.49. The van der Waals surface area contributed by atoms with Gasteiger partial charge in [-0.05, 0) is 60.4 Å². The van der Waals surface area contributed by atoms with Crippen LogP contribution in [0, 0.1) is 6.92 Å². The van der Waals surface area contributed by atoms with Crippen LogP contribution in [0.3, 0.4) is 0 Å². The van der Waals surface area contributed by atoms with Crippen molar-refractivity contribution in [1.82, 2.24) is 20.1 Å². The Kier molecular flexibility index (Phi) is 6.57. The van der Waals surface area contributed by atoms with Crippen molar-refractivity contribution >= 4 is 28.4 Å². The van der Waals surface area contributed by atoms with Crippen molar-refractivity contribution in [2.24, 2.45) is 0 Å². The van der Waals surface area contributed by atoms with Crippen LogP contribution in [-0.2, 0) is 6.54 Å². The number of hydrogen-bond donors (Lipinski definition) is 1. The summed E-state index contributed by atoms with van der Waals surface area (Å²) in [6, 6.07) is 25.5. The molecule has 0 aliphatic heterocycles. The van der Waals surface area contributed by atoms with Crippen molar-refractivity contribution in [2.45, 2.75) is 33.2 Å². The van der Waals surface area contributed by atoms with Crippen LogP contribution in [0.2, 0.25) is 5.02 Å². The molecule has 2 aromatic heterocycles. The Morgan fingerprint density at radius 1 is 1.00 bits per heavy atom. The highest BCUT2D eigenvalue weighted by molar-refractivity contribution is 6.30. The van der Waals surface area contributed by atoms with Crippen molar-refractivity contribution in [3.8, 4) is 16.9 Å². The second kappa shape index (κ2) is 9.96. The van der Waals surface area contributed by atoms with Crippen molar-refractivity contribution in [3.63, 3.8) is 0 Å². The van der Waals surface area contributed by atoms with E-state index in [0.717, 1.165) is 33.4 Å². The van der Waals surface area contributed by atoms with Gasteiger partial charge in [-0.25, -0.2) is 9.67 Å². The van der Waals surface area contributed by atoms with Crippen LogP contribution in [0.25, 0.3) is 27.8 Å². The second-order valence-electron chi connectivity index (χ2n) is 9.18. The van der Waals surface area contributed by atoms with Gasteiger partial charge in [0.05, 0.1) is 34.4 Å². The maximum atomic E-state index is 13.3. The van der Waals surface area contributed by atoms with Gasteiger partial charge in [-0.1, -0.05) is 67.9 Å². The van der Waals surface area contributed by atoms with Crippen LogP contribution in [0.4, 0.5) is 0 Å². The van der Waals surface area contributed by atoms with Gasteiger partial charge in [0.2, 0.25) is 0 Å². The summed E-state index contributed by atoms with van der Waals surface area (Å²) in [5, 5.41) is 9.15. The summed E-state index contributed by atoms with van der Waals surface area (Å²) in [4.78, 5) is 18.2. The van der Waals surface area contributed by atoms with E-state index in [0.29, 0.717) is 28.7 Å². The highest BCUT2D eigenvalue weighted by atomic mass is 35.5. The third-order valence-electron chi connectivity index (χ3n) is 6.42. The number of carbonyl (C=O) groups excluding carboxylic acids is 1. The fraction of sp³-hybridized carbons (Fsp3) is 0.167. The summed E-state index contributed by atoms with van der Waals surface area (Å²) >= 11 is 5.98. The molecule has 0 fully saturated rings. The van der Waals surface area contributed by atoms with Gasteiger partial charge in [0.25, 0.3) is 5.91 Å². The summed E-state index contributed by atoms with van der Waals surface area (Å²) in [6.45, 7) is 6.79. The minimum atomic E-state index is -0.154. The zero-order chi connectivity index (χ0) is 25.2. The molecule has 5 aromatic rings. The van der Waals surface area contributed by atoms with Crippen molar-refractivity contribution in [2.75, 3.05) is 0 Å². The van der Waals surface area contributed by atoms with Gasteiger partial charge < -0.3 is 5.32 Å². The molecule has 0 saturated carbocycles. The molecule has 3 aromatic carbocycles. The van der Waals surface area contributed by atoms with Gasteiger partial charge in [0.15, 0.2) is 0 Å². The molecule has 0 radical (unpaired) electrons. The van der Waals surface area contributed by atoms with Crippen LogP contribution < -0.4 is 5.32 Å². The van der Waals surface area contributed by atoms with Gasteiger partial charge in [0, 0.05) is 22.5 Å². The average molecular weight is 495 g/mol. The average Bonchev–Trinajstić information content (AvgIpc) is 3.28. The molecule has 1 amide bonds. The van der Waals surface area contributed by atoms with E-state index < -0.39 is 0 Å². The number of amides is 1. The fourth-order valence-electron chi connectivity index (χ4n) is 4.30. The van der Waals surface area contributed by atoms with Crippen molar-refractivity contribution < 1.29 is 4.79 Å². The van der Waals surface area contributed by atoms with Gasteiger partial charge >= 0.3 is 0 Å². The zero-order valence-corrected chi connectivity index (χ0v) is 21.3. The molecule has 5 nitrogen and oxygen atoms in total. The summed E-state index contributed by atoms with van der Waals surface area (Å²) < 4.78 is 1.91. The van der Waals surface area contributed by atoms with Crippen LogP contribution >= 0.6 is 11.6 Å². The van der Waals surface area contributed by atoms with Crippen molar-refractivity contribution in [1.29, 1.82) is 0 Å². The maximum absolute atomic E-state index is 13.3. The molecular weight excluding hydrogens is 468 g/mol. The Morgan fingerprint density at radius 2 is 1.72 bits per heavy atom. The lowest BCUT2D eigenvalue weighted by Crippen LogP contribution is -2.23. The number of hydrogen-bond acceptors (Lipinski definition) is 3. The lowest BCUT2D eigenvalue weighted by Gasteiger charge is -2.11. The molecule has 180 valence electrons. The normalized spacial score (nSPS) is 11.2. The van der Waals surface area contributed by atoms with E-state index in [9.17, 15) is 4.79 Å². The molecule has 5 rings (SSSR count). The summed E-state index contributed by atoms with van der Waals surface area (Å²) in [5.41, 5.74) is 7.17. The molecule has 0 atom stereocenters. The van der Waals surface area contributed by atoms with Crippen LogP contribution in [0.15, 0.2) is 85.1 Å². The maximum Gasteiger partial charge on any atom is 0.252 e. The smallest absolute Gasteiger partial charge is 0.252 e. The molecule has 0 spiro atoms. The van der Waals surface area contributed by atoms with Gasteiger partial charge in [-0.2, -0.15) is 5.10 Å². The van der Waals surface area contributed by atoms with Gasteiger partial charge in [0.1, 0.15) is 0 Å². The van der Waals surface area contributed by atoms with E-state index in [1.54, 1.807) is 0 Å². The molecule has 36 heavy (non-hydrogen) atoms. The zero-order valence-electron chi connectivity index (χ0n) is 20.5. The number of fused-ring (bicyclic) bond motifs is 1. The Bertz CT molecular complexity index is 1540. The number of rotatable bonds is 6. The number of nitrogens with one attached hydrogen (secondary N) is 1. The highest BCUT2D eigenvalue weighted by Crippen LogP contribution is 2.28. The first-order valence-electron chi connectivity index (χ1n) is 12.0. The first kappa shape index (κ1) is 23.8. The van der Waals surface area contributed by atoms with Crippen LogP contribution in [0.1, 0.15) is 46.9 Å². The minimum Gasteiger partial charge on any atom is -0.348 e. The summed E-state index contributed by atoms with van der Waals surface area (Å²) in [6.07, 6.45) is 1.82. The molecule has 0 aliphatic rings. The molecule has 2 heterocycles. The minimum absolute atomic E-state index is 0.154. The predicted octanol–water partition coefficient (Wildman–Crippen LogP) is 7.10. The highest BCUT2D eigenvalue weighted by Gasteiger charge is 2.17. The SMILES string of the molecule is Cc1c(-c2cc(C(=O)NCc3ccc(Cl)cc3)c3ccccc3n2)cnn1-c1ccc(C(C)C)cc1. The van der Waals surface area contributed by atoms with Gasteiger partial charge in [-0.15, -0.1) is 0 Å². The first-order chi connectivity index (χ1) is 17.4. The lowest BCUT2D eigenvalue weighted by atomic mass is 10.0. The fourth-order valence-corrected chi connectivity index (χ4v) is 4.43. The number of aromatic nitrogens is 3. The predicted molar refractivity (Wildman–Crippen MR) is 146 cm³/mol. The Labute approximate surface area is 215 Å². The molecule has 1 N–H and O–H groups in total. The molecule has 6 heteroatoms. The molecule has 0 saturated heterocycles. The Morgan fingerprint density at radius 3 is 2.44 bits per heavy atom. The van der Waals surface area contributed by atoms with E-state index in [1.165, 1.54) is 5.56 Å². The monoisotopic (exact) mass is 494 g/mol. The largest absolute Gasteiger partial charge is 0.348 e. The topological polar surface area (TPSA) is 59.8 Å². The van der Waals surface area contributed by atoms with E-state index in [-0.39, 0.29) is 5.91 Å². The number of benzene rings is 3. The third-order valence-corrected chi connectivity index (χ3v) is 6.67. The first-order valence-corrected chi connectivity index (χ1v) is 12.4. The van der Waals surface area contributed by atoms with E-state index in [1.807, 2.05) is 72.4 Å². The number of para-hydroxylation sites is 1. The third kappa shape index (κ3) is 4.75. The van der Waals surface area contributed by atoms with Crippen LogP contribution in [-0.4, -0.2) is 20.7 Å². The Hall–Kier alpha value is -3.96. The van der Waals surface area contributed by atoms with Crippen LogP contribution in [0.5, 0.6) is 0 Å². The van der Waals surface area contributed by atoms with Crippen molar-refractivity contribution in [3.05, 3.63) is 112 Å². The van der Waals surface area contributed by atoms with E-state index in [2.05, 4.69) is 48.5 Å². The van der Waals surface area contributed by atoms with Gasteiger partial charge in [-0.3, -0.25) is 4.79 Å². The standard InChI is InChI=1S/C30H27ClN4O/c1-19(2)22-10-14-24(15-11-22)35-20(3)27(18-33-35)29-16-26(25-6-4-5-7-28(25)34-29)30(36)32-17-21-8-12-23(31)13-9-21/h4-16,18-19H,17H2,1-3H3,(H,32,36). The molecule has 0 bridgehead atoms. The second-order valence-corrected chi connectivity index (χ2v) is 9.62. The van der Waals surface area contributed by atoms with E-state index >= 15 is 0 Å². The molecular formula is C30H27ClN4O.